The lowest BCUT2D eigenvalue weighted by molar-refractivity contribution is 0.573. The van der Waals surface area contributed by atoms with Gasteiger partial charge in [-0.1, -0.05) is 0 Å². The molecule has 112 valence electrons. The maximum atomic E-state index is 13.3. The molecule has 0 unspecified atom stereocenters. The summed E-state index contributed by atoms with van der Waals surface area (Å²) in [6.45, 7) is 2.19. The van der Waals surface area contributed by atoms with Crippen LogP contribution in [-0.4, -0.2) is 23.1 Å². The summed E-state index contributed by atoms with van der Waals surface area (Å²) in [4.78, 5) is 10.2. The maximum Gasteiger partial charge on any atom is 0.128 e. The first kappa shape index (κ1) is 13.3. The molecular formula is C18H18FN3. The second kappa shape index (κ2) is 5.44. The molecule has 1 aliphatic heterocycles. The largest absolute Gasteiger partial charge is 0.357 e. The highest BCUT2D eigenvalue weighted by molar-refractivity contribution is 5.85. The van der Waals surface area contributed by atoms with E-state index in [0.717, 1.165) is 41.1 Å². The van der Waals surface area contributed by atoms with Gasteiger partial charge in [0.2, 0.25) is 0 Å². The lowest BCUT2D eigenvalue weighted by Crippen LogP contribution is -2.29. The minimum Gasteiger partial charge on any atom is -0.357 e. The fourth-order valence-electron chi connectivity index (χ4n) is 3.11. The molecule has 2 aromatic heterocycles. The molecule has 22 heavy (non-hydrogen) atoms. The van der Waals surface area contributed by atoms with Crippen molar-refractivity contribution in [3.05, 3.63) is 48.4 Å². The van der Waals surface area contributed by atoms with Crippen LogP contribution in [-0.2, 0) is 0 Å². The number of nitrogens with zero attached hydrogens (tertiary/aromatic N) is 2. The van der Waals surface area contributed by atoms with E-state index in [4.69, 9.17) is 0 Å². The summed E-state index contributed by atoms with van der Waals surface area (Å²) in [5, 5.41) is 1.01. The van der Waals surface area contributed by atoms with Crippen LogP contribution >= 0.6 is 0 Å². The molecule has 1 N–H and O–H groups in total. The number of fused-ring (bicyclic) bond motifs is 1. The molecule has 3 heterocycles. The molecule has 1 aliphatic rings. The Balaban J connectivity index is 1.63. The summed E-state index contributed by atoms with van der Waals surface area (Å²) in [5.74, 6) is 0.824. The lowest BCUT2D eigenvalue weighted by atomic mass is 10.1. The summed E-state index contributed by atoms with van der Waals surface area (Å²) in [7, 11) is 0. The Morgan fingerprint density at radius 3 is 2.64 bits per heavy atom. The number of nitrogens with one attached hydrogen (secondary N) is 1. The SMILES string of the molecule is Fc1ccc2cc(-c3ccc(N4CCCCC4)nc3)[nH]c2c1. The van der Waals surface area contributed by atoms with Crippen molar-refractivity contribution in [3.8, 4) is 11.3 Å². The molecule has 0 saturated carbocycles. The number of aromatic nitrogens is 2. The molecule has 0 spiro atoms. The van der Waals surface area contributed by atoms with Gasteiger partial charge in [-0.2, -0.15) is 0 Å². The van der Waals surface area contributed by atoms with Crippen LogP contribution in [0.4, 0.5) is 10.2 Å². The van der Waals surface area contributed by atoms with Crippen molar-refractivity contribution in [2.45, 2.75) is 19.3 Å². The van der Waals surface area contributed by atoms with Crippen molar-refractivity contribution >= 4 is 16.7 Å². The van der Waals surface area contributed by atoms with Crippen LogP contribution in [0.1, 0.15) is 19.3 Å². The highest BCUT2D eigenvalue weighted by Gasteiger charge is 2.12. The number of hydrogen-bond donors (Lipinski definition) is 1. The molecule has 0 amide bonds. The summed E-state index contributed by atoms with van der Waals surface area (Å²) in [6, 6.07) is 11.0. The van der Waals surface area contributed by atoms with Gasteiger partial charge in [-0.3, -0.25) is 0 Å². The van der Waals surface area contributed by atoms with Gasteiger partial charge in [-0.05, 0) is 55.7 Å². The third kappa shape index (κ3) is 2.45. The summed E-state index contributed by atoms with van der Waals surface area (Å²) in [5.41, 5.74) is 2.81. The number of aromatic amines is 1. The number of benzene rings is 1. The highest BCUT2D eigenvalue weighted by Crippen LogP contribution is 2.26. The lowest BCUT2D eigenvalue weighted by Gasteiger charge is -2.27. The minimum absolute atomic E-state index is 0.223. The third-order valence-corrected chi connectivity index (χ3v) is 4.32. The van der Waals surface area contributed by atoms with Crippen molar-refractivity contribution in [3.63, 3.8) is 0 Å². The average molecular weight is 295 g/mol. The van der Waals surface area contributed by atoms with Gasteiger partial charge in [-0.15, -0.1) is 0 Å². The molecule has 0 radical (unpaired) electrons. The van der Waals surface area contributed by atoms with Gasteiger partial charge in [0.15, 0.2) is 0 Å². The molecule has 4 heteroatoms. The Hall–Kier alpha value is -2.36. The van der Waals surface area contributed by atoms with E-state index >= 15 is 0 Å². The number of hydrogen-bond acceptors (Lipinski definition) is 2. The predicted molar refractivity (Wildman–Crippen MR) is 87.6 cm³/mol. The van der Waals surface area contributed by atoms with Gasteiger partial charge in [0.25, 0.3) is 0 Å². The maximum absolute atomic E-state index is 13.3. The normalized spacial score (nSPS) is 15.4. The van der Waals surface area contributed by atoms with Crippen molar-refractivity contribution in [2.24, 2.45) is 0 Å². The van der Waals surface area contributed by atoms with E-state index in [1.807, 2.05) is 12.3 Å². The molecule has 3 aromatic rings. The fourth-order valence-corrected chi connectivity index (χ4v) is 3.11. The molecule has 1 saturated heterocycles. The molecule has 4 rings (SSSR count). The van der Waals surface area contributed by atoms with E-state index in [1.165, 1.54) is 31.4 Å². The van der Waals surface area contributed by atoms with Crippen LogP contribution < -0.4 is 4.90 Å². The van der Waals surface area contributed by atoms with E-state index in [2.05, 4.69) is 27.0 Å². The predicted octanol–water partition coefficient (Wildman–Crippen LogP) is 4.36. The standard InChI is InChI=1S/C18H18FN3/c19-15-6-4-13-10-16(21-17(13)11-15)14-5-7-18(20-12-14)22-8-2-1-3-9-22/h4-7,10-12,21H,1-3,8-9H2. The second-order valence-electron chi connectivity index (χ2n) is 5.87. The average Bonchev–Trinajstić information content (AvgIpc) is 2.99. The van der Waals surface area contributed by atoms with E-state index in [9.17, 15) is 4.39 Å². The Bertz CT molecular complexity index is 786. The molecule has 0 atom stereocenters. The van der Waals surface area contributed by atoms with E-state index in [-0.39, 0.29) is 5.82 Å². The highest BCUT2D eigenvalue weighted by atomic mass is 19.1. The van der Waals surface area contributed by atoms with Crippen molar-refractivity contribution < 1.29 is 4.39 Å². The van der Waals surface area contributed by atoms with Crippen LogP contribution in [0.15, 0.2) is 42.6 Å². The number of pyridine rings is 1. The minimum atomic E-state index is -0.223. The van der Waals surface area contributed by atoms with E-state index < -0.39 is 0 Å². The Kier molecular flexibility index (Phi) is 3.29. The number of anilines is 1. The van der Waals surface area contributed by atoms with Crippen LogP contribution in [0.2, 0.25) is 0 Å². The van der Waals surface area contributed by atoms with Crippen LogP contribution in [0.5, 0.6) is 0 Å². The molecular weight excluding hydrogens is 277 g/mol. The zero-order valence-electron chi connectivity index (χ0n) is 12.3. The number of rotatable bonds is 2. The van der Waals surface area contributed by atoms with Crippen molar-refractivity contribution in [1.82, 2.24) is 9.97 Å². The Labute approximate surface area is 128 Å². The first-order valence-corrected chi connectivity index (χ1v) is 7.79. The van der Waals surface area contributed by atoms with Gasteiger partial charge in [0.1, 0.15) is 11.6 Å². The number of halogens is 1. The Morgan fingerprint density at radius 1 is 1.00 bits per heavy atom. The molecule has 1 fully saturated rings. The molecule has 0 aliphatic carbocycles. The van der Waals surface area contributed by atoms with Gasteiger partial charge in [-0.25, -0.2) is 9.37 Å². The van der Waals surface area contributed by atoms with Crippen molar-refractivity contribution in [2.75, 3.05) is 18.0 Å². The zero-order valence-corrected chi connectivity index (χ0v) is 12.3. The zero-order chi connectivity index (χ0) is 14.9. The molecule has 0 bridgehead atoms. The number of piperidine rings is 1. The van der Waals surface area contributed by atoms with Crippen LogP contribution in [0.25, 0.3) is 22.2 Å². The van der Waals surface area contributed by atoms with E-state index in [0.29, 0.717) is 0 Å². The van der Waals surface area contributed by atoms with Gasteiger partial charge in [0, 0.05) is 41.4 Å². The van der Waals surface area contributed by atoms with Crippen LogP contribution in [0, 0.1) is 5.82 Å². The summed E-state index contributed by atoms with van der Waals surface area (Å²) >= 11 is 0. The first-order chi connectivity index (χ1) is 10.8. The summed E-state index contributed by atoms with van der Waals surface area (Å²) < 4.78 is 13.3. The second-order valence-corrected chi connectivity index (χ2v) is 5.87. The number of H-pyrrole nitrogens is 1. The van der Waals surface area contributed by atoms with Gasteiger partial charge < -0.3 is 9.88 Å². The first-order valence-electron chi connectivity index (χ1n) is 7.79. The smallest absolute Gasteiger partial charge is 0.128 e. The monoisotopic (exact) mass is 295 g/mol. The molecule has 1 aromatic carbocycles. The van der Waals surface area contributed by atoms with Crippen molar-refractivity contribution in [1.29, 1.82) is 0 Å². The van der Waals surface area contributed by atoms with Gasteiger partial charge in [0.05, 0.1) is 0 Å². The summed E-state index contributed by atoms with van der Waals surface area (Å²) in [6.07, 6.45) is 5.71. The van der Waals surface area contributed by atoms with Gasteiger partial charge >= 0.3 is 0 Å². The van der Waals surface area contributed by atoms with E-state index in [1.54, 1.807) is 6.07 Å². The quantitative estimate of drug-likeness (QED) is 0.761. The van der Waals surface area contributed by atoms with Crippen LogP contribution in [0.3, 0.4) is 0 Å². The third-order valence-electron chi connectivity index (χ3n) is 4.32. The molecule has 3 nitrogen and oxygen atoms in total. The fraction of sp³-hybridized carbons (Fsp3) is 0.278. The topological polar surface area (TPSA) is 31.9 Å². The Morgan fingerprint density at radius 2 is 1.86 bits per heavy atom.